The van der Waals surface area contributed by atoms with Crippen LogP contribution in [0, 0.1) is 0 Å². The van der Waals surface area contributed by atoms with Crippen molar-refractivity contribution in [3.05, 3.63) is 53.2 Å². The third-order valence-corrected chi connectivity index (χ3v) is 4.12. The lowest BCUT2D eigenvalue weighted by atomic mass is 10.2. The lowest BCUT2D eigenvalue weighted by Crippen LogP contribution is -2.43. The fourth-order valence-electron chi connectivity index (χ4n) is 2.95. The Morgan fingerprint density at radius 1 is 1.32 bits per heavy atom. The Hall–Kier alpha value is -3.16. The van der Waals surface area contributed by atoms with Crippen molar-refractivity contribution in [2.45, 2.75) is 26.0 Å². The van der Waals surface area contributed by atoms with Crippen molar-refractivity contribution in [1.82, 2.24) is 19.2 Å². The molecule has 25 heavy (non-hydrogen) atoms. The first-order chi connectivity index (χ1) is 12.1. The van der Waals surface area contributed by atoms with E-state index < -0.39 is 0 Å². The van der Waals surface area contributed by atoms with Gasteiger partial charge >= 0.3 is 5.69 Å². The van der Waals surface area contributed by atoms with Gasteiger partial charge in [-0.05, 0) is 31.2 Å². The molecule has 0 spiro atoms. The van der Waals surface area contributed by atoms with Crippen LogP contribution in [0.2, 0.25) is 0 Å². The number of anilines is 1. The van der Waals surface area contributed by atoms with Gasteiger partial charge in [-0.15, -0.1) is 5.10 Å². The summed E-state index contributed by atoms with van der Waals surface area (Å²) in [5.41, 5.74) is 0.975. The first kappa shape index (κ1) is 15.4. The van der Waals surface area contributed by atoms with Gasteiger partial charge in [0.2, 0.25) is 11.8 Å². The van der Waals surface area contributed by atoms with Crippen molar-refractivity contribution in [2.24, 2.45) is 0 Å². The number of pyridine rings is 2. The van der Waals surface area contributed by atoms with Gasteiger partial charge in [0, 0.05) is 18.8 Å². The molecule has 0 saturated carbocycles. The number of hydrogen-bond acceptors (Lipinski definition) is 5. The second kappa shape index (κ2) is 6.04. The zero-order chi connectivity index (χ0) is 17.4. The molecule has 0 aromatic carbocycles. The predicted molar refractivity (Wildman–Crippen MR) is 90.7 cm³/mol. The number of carbonyl (C=O) groups is 1. The third-order valence-electron chi connectivity index (χ3n) is 4.12. The molecule has 4 heterocycles. The molecule has 3 aromatic heterocycles. The monoisotopic (exact) mass is 339 g/mol. The molecular formula is C17H17N5O3. The summed E-state index contributed by atoms with van der Waals surface area (Å²) in [5.74, 6) is 0.368. The van der Waals surface area contributed by atoms with Crippen LogP contribution in [0.5, 0.6) is 5.88 Å². The van der Waals surface area contributed by atoms with E-state index in [-0.39, 0.29) is 30.7 Å². The molecule has 0 bridgehead atoms. The molecule has 0 fully saturated rings. The molecule has 4 rings (SSSR count). The van der Waals surface area contributed by atoms with E-state index in [4.69, 9.17) is 4.74 Å². The summed E-state index contributed by atoms with van der Waals surface area (Å²) in [5, 5.41) is 4.25. The van der Waals surface area contributed by atoms with Gasteiger partial charge in [0.15, 0.2) is 5.65 Å². The standard InChI is InChI=1S/C17H17N5O3/c1-12-11-21(13-5-4-8-18-16(13)25-12)15(23)7-10-22-17(24)20-9-3-2-6-14(20)19-22/h2-6,8-9,12H,7,10-11H2,1H3. The molecule has 0 N–H and O–H groups in total. The molecule has 0 radical (unpaired) electrons. The maximum atomic E-state index is 12.7. The van der Waals surface area contributed by atoms with E-state index in [2.05, 4.69) is 10.1 Å². The molecule has 1 aliphatic rings. The van der Waals surface area contributed by atoms with E-state index in [1.54, 1.807) is 35.5 Å². The van der Waals surface area contributed by atoms with Crippen molar-refractivity contribution >= 4 is 17.2 Å². The molecule has 1 unspecified atom stereocenters. The number of carbonyl (C=O) groups excluding carboxylic acids is 1. The second-order valence-electron chi connectivity index (χ2n) is 5.95. The molecule has 1 aliphatic heterocycles. The Balaban J connectivity index is 1.54. The quantitative estimate of drug-likeness (QED) is 0.714. The summed E-state index contributed by atoms with van der Waals surface area (Å²) in [6.07, 6.45) is 3.33. The summed E-state index contributed by atoms with van der Waals surface area (Å²) in [6.45, 7) is 2.57. The fourth-order valence-corrected chi connectivity index (χ4v) is 2.95. The van der Waals surface area contributed by atoms with Crippen LogP contribution >= 0.6 is 0 Å². The molecule has 0 aliphatic carbocycles. The highest BCUT2D eigenvalue weighted by Gasteiger charge is 2.28. The number of nitrogens with zero attached hydrogens (tertiary/aromatic N) is 5. The molecule has 1 amide bonds. The highest BCUT2D eigenvalue weighted by molar-refractivity contribution is 5.94. The predicted octanol–water partition coefficient (Wildman–Crippen LogP) is 1.10. The molecule has 8 heteroatoms. The van der Waals surface area contributed by atoms with Gasteiger partial charge in [-0.2, -0.15) is 0 Å². The lowest BCUT2D eigenvalue weighted by Gasteiger charge is -2.32. The fraction of sp³-hybridized carbons (Fsp3) is 0.294. The van der Waals surface area contributed by atoms with Crippen LogP contribution in [0.1, 0.15) is 13.3 Å². The van der Waals surface area contributed by atoms with Gasteiger partial charge in [-0.1, -0.05) is 6.07 Å². The van der Waals surface area contributed by atoms with Gasteiger partial charge in [0.05, 0.1) is 13.1 Å². The minimum absolute atomic E-state index is 0.0895. The summed E-state index contributed by atoms with van der Waals surface area (Å²) in [7, 11) is 0. The number of amides is 1. The Kier molecular flexibility index (Phi) is 3.72. The Morgan fingerprint density at radius 2 is 2.20 bits per heavy atom. The number of aromatic nitrogens is 4. The van der Waals surface area contributed by atoms with Crippen LogP contribution in [0.25, 0.3) is 5.65 Å². The largest absolute Gasteiger partial charge is 0.471 e. The highest BCUT2D eigenvalue weighted by Crippen LogP contribution is 2.31. The van der Waals surface area contributed by atoms with Crippen LogP contribution in [0.4, 0.5) is 5.69 Å². The van der Waals surface area contributed by atoms with Crippen molar-refractivity contribution in [1.29, 1.82) is 0 Å². The normalized spacial score (nSPS) is 16.5. The molecule has 3 aromatic rings. The zero-order valence-electron chi connectivity index (χ0n) is 13.7. The Bertz CT molecular complexity index is 993. The minimum atomic E-state index is -0.249. The van der Waals surface area contributed by atoms with E-state index in [9.17, 15) is 9.59 Å². The molecule has 8 nitrogen and oxygen atoms in total. The summed E-state index contributed by atoms with van der Waals surface area (Å²) >= 11 is 0. The molecule has 128 valence electrons. The van der Waals surface area contributed by atoms with Crippen LogP contribution in [0.15, 0.2) is 47.5 Å². The average molecular weight is 339 g/mol. The van der Waals surface area contributed by atoms with Gasteiger partial charge in [-0.25, -0.2) is 14.5 Å². The van der Waals surface area contributed by atoms with Gasteiger partial charge < -0.3 is 9.64 Å². The van der Waals surface area contributed by atoms with E-state index in [0.29, 0.717) is 23.8 Å². The molecule has 0 saturated heterocycles. The smallest absolute Gasteiger partial charge is 0.350 e. The maximum Gasteiger partial charge on any atom is 0.350 e. The summed E-state index contributed by atoms with van der Waals surface area (Å²) in [4.78, 5) is 30.8. The third kappa shape index (κ3) is 2.75. The van der Waals surface area contributed by atoms with E-state index in [0.717, 1.165) is 0 Å². The minimum Gasteiger partial charge on any atom is -0.471 e. The number of ether oxygens (including phenoxy) is 1. The van der Waals surface area contributed by atoms with Crippen molar-refractivity contribution in [3.63, 3.8) is 0 Å². The van der Waals surface area contributed by atoms with Gasteiger partial charge in [0.1, 0.15) is 11.8 Å². The maximum absolute atomic E-state index is 12.7. The van der Waals surface area contributed by atoms with Crippen LogP contribution in [0.3, 0.4) is 0 Å². The van der Waals surface area contributed by atoms with E-state index >= 15 is 0 Å². The second-order valence-corrected chi connectivity index (χ2v) is 5.95. The average Bonchev–Trinajstić information content (AvgIpc) is 2.95. The topological polar surface area (TPSA) is 81.7 Å². The Labute approximate surface area is 143 Å². The summed E-state index contributed by atoms with van der Waals surface area (Å²) in [6, 6.07) is 8.92. The van der Waals surface area contributed by atoms with Crippen LogP contribution in [-0.4, -0.2) is 37.7 Å². The highest BCUT2D eigenvalue weighted by atomic mass is 16.5. The number of fused-ring (bicyclic) bond motifs is 2. The SMILES string of the molecule is CC1CN(C(=O)CCn2nc3ccccn3c2=O)c2cccnc2O1. The molecule has 1 atom stereocenters. The van der Waals surface area contributed by atoms with E-state index in [1.807, 2.05) is 19.1 Å². The van der Waals surface area contributed by atoms with Crippen LogP contribution < -0.4 is 15.3 Å². The Morgan fingerprint density at radius 3 is 3.04 bits per heavy atom. The number of rotatable bonds is 3. The number of hydrogen-bond donors (Lipinski definition) is 0. The van der Waals surface area contributed by atoms with Crippen LogP contribution in [-0.2, 0) is 11.3 Å². The lowest BCUT2D eigenvalue weighted by molar-refractivity contribution is -0.119. The summed E-state index contributed by atoms with van der Waals surface area (Å²) < 4.78 is 8.44. The molecular weight excluding hydrogens is 322 g/mol. The zero-order valence-corrected chi connectivity index (χ0v) is 13.7. The van der Waals surface area contributed by atoms with Gasteiger partial charge in [-0.3, -0.25) is 9.20 Å². The van der Waals surface area contributed by atoms with E-state index in [1.165, 1.54) is 9.08 Å². The van der Waals surface area contributed by atoms with Crippen molar-refractivity contribution in [3.8, 4) is 5.88 Å². The first-order valence-electron chi connectivity index (χ1n) is 8.10. The van der Waals surface area contributed by atoms with Gasteiger partial charge in [0.25, 0.3) is 0 Å². The van der Waals surface area contributed by atoms with Crippen molar-refractivity contribution in [2.75, 3.05) is 11.4 Å². The number of aryl methyl sites for hydroxylation is 1. The van der Waals surface area contributed by atoms with Crippen molar-refractivity contribution < 1.29 is 9.53 Å². The first-order valence-corrected chi connectivity index (χ1v) is 8.10.